The first-order valence-corrected chi connectivity index (χ1v) is 8.32. The standard InChI is InChI=1S/C14H14ClN5O3S/c1-20-12-11(13(22)19-14(20)23)17-9(18-12)4-5-10(21)16-6-7-2-3-8(15)24-7/h2-3H,4-6H2,1H3,(H,16,21)(H,17,18)(H,19,22,23). The van der Waals surface area contributed by atoms with Crippen molar-refractivity contribution in [3.8, 4) is 0 Å². The maximum absolute atomic E-state index is 11.9. The van der Waals surface area contributed by atoms with Crippen LogP contribution >= 0.6 is 22.9 Å². The summed E-state index contributed by atoms with van der Waals surface area (Å²) in [5, 5.41) is 2.80. The maximum atomic E-state index is 11.9. The first-order chi connectivity index (χ1) is 11.4. The molecule has 0 unspecified atom stereocenters. The molecule has 0 bridgehead atoms. The van der Waals surface area contributed by atoms with Crippen molar-refractivity contribution >= 4 is 40.0 Å². The second-order valence-electron chi connectivity index (χ2n) is 5.18. The van der Waals surface area contributed by atoms with Crippen LogP contribution in [0.3, 0.4) is 0 Å². The van der Waals surface area contributed by atoms with E-state index in [2.05, 4.69) is 20.3 Å². The highest BCUT2D eigenvalue weighted by atomic mass is 35.5. The van der Waals surface area contributed by atoms with Crippen LogP contribution in [-0.2, 0) is 24.8 Å². The Labute approximate surface area is 144 Å². The summed E-state index contributed by atoms with van der Waals surface area (Å²) in [6, 6.07) is 3.64. The fraction of sp³-hybridized carbons (Fsp3) is 0.286. The van der Waals surface area contributed by atoms with Crippen molar-refractivity contribution in [2.45, 2.75) is 19.4 Å². The molecule has 0 fully saturated rings. The third kappa shape index (κ3) is 3.41. The summed E-state index contributed by atoms with van der Waals surface area (Å²) in [5.74, 6) is 0.341. The molecule has 3 N–H and O–H groups in total. The van der Waals surface area contributed by atoms with Crippen LogP contribution in [0.25, 0.3) is 11.2 Å². The number of carbonyl (C=O) groups excluding carboxylic acids is 1. The van der Waals surface area contributed by atoms with Gasteiger partial charge in [-0.2, -0.15) is 0 Å². The molecule has 0 aliphatic carbocycles. The predicted octanol–water partition coefficient (Wildman–Crippen LogP) is 0.914. The zero-order chi connectivity index (χ0) is 17.3. The number of aromatic amines is 2. The first-order valence-electron chi connectivity index (χ1n) is 7.13. The first kappa shape index (κ1) is 16.5. The molecule has 3 aromatic heterocycles. The summed E-state index contributed by atoms with van der Waals surface area (Å²) in [4.78, 5) is 45.4. The smallest absolute Gasteiger partial charge is 0.329 e. The van der Waals surface area contributed by atoms with E-state index >= 15 is 0 Å². The van der Waals surface area contributed by atoms with Crippen molar-refractivity contribution in [2.75, 3.05) is 0 Å². The molecular formula is C14H14ClN5O3S. The summed E-state index contributed by atoms with van der Waals surface area (Å²) in [6.45, 7) is 0.421. The molecule has 0 radical (unpaired) electrons. The van der Waals surface area contributed by atoms with E-state index in [1.807, 2.05) is 6.07 Å². The number of hydrogen-bond acceptors (Lipinski definition) is 5. The number of rotatable bonds is 5. The molecular weight excluding hydrogens is 354 g/mol. The van der Waals surface area contributed by atoms with Gasteiger partial charge < -0.3 is 10.3 Å². The summed E-state index contributed by atoms with van der Waals surface area (Å²) in [6.07, 6.45) is 0.546. The van der Waals surface area contributed by atoms with Crippen molar-refractivity contribution in [3.05, 3.63) is 48.0 Å². The summed E-state index contributed by atoms with van der Waals surface area (Å²) in [7, 11) is 1.52. The molecule has 8 nitrogen and oxygen atoms in total. The van der Waals surface area contributed by atoms with E-state index in [0.29, 0.717) is 23.1 Å². The zero-order valence-corrected chi connectivity index (χ0v) is 14.3. The molecule has 3 rings (SSSR count). The van der Waals surface area contributed by atoms with Crippen molar-refractivity contribution in [3.63, 3.8) is 0 Å². The largest absolute Gasteiger partial charge is 0.351 e. The summed E-state index contributed by atoms with van der Waals surface area (Å²) < 4.78 is 1.93. The summed E-state index contributed by atoms with van der Waals surface area (Å²) >= 11 is 7.25. The average molecular weight is 368 g/mol. The van der Waals surface area contributed by atoms with E-state index in [4.69, 9.17) is 11.6 Å². The number of thiophene rings is 1. The number of aromatic nitrogens is 4. The van der Waals surface area contributed by atoms with Gasteiger partial charge in [0.15, 0.2) is 5.65 Å². The fourth-order valence-corrected chi connectivity index (χ4v) is 3.25. The molecule has 10 heteroatoms. The minimum absolute atomic E-state index is 0.136. The number of imidazole rings is 1. The number of aryl methyl sites for hydroxylation is 2. The second kappa shape index (κ2) is 6.62. The van der Waals surface area contributed by atoms with Crippen LogP contribution in [0.2, 0.25) is 4.34 Å². The number of carbonyl (C=O) groups is 1. The monoisotopic (exact) mass is 367 g/mol. The molecule has 0 aliphatic rings. The average Bonchev–Trinajstić information content (AvgIpc) is 3.15. The number of amides is 1. The summed E-state index contributed by atoms with van der Waals surface area (Å²) in [5.41, 5.74) is -0.558. The lowest BCUT2D eigenvalue weighted by molar-refractivity contribution is -0.121. The third-order valence-electron chi connectivity index (χ3n) is 3.48. The lowest BCUT2D eigenvalue weighted by Gasteiger charge is -2.02. The van der Waals surface area contributed by atoms with Gasteiger partial charge in [-0.05, 0) is 12.1 Å². The molecule has 1 amide bonds. The Morgan fingerprint density at radius 2 is 2.17 bits per heavy atom. The van der Waals surface area contributed by atoms with Crippen molar-refractivity contribution in [2.24, 2.45) is 7.05 Å². The lowest BCUT2D eigenvalue weighted by Crippen LogP contribution is -2.28. The number of nitrogens with one attached hydrogen (secondary N) is 3. The normalized spacial score (nSPS) is 11.1. The van der Waals surface area contributed by atoms with Crippen LogP contribution in [0, 0.1) is 0 Å². The molecule has 0 atom stereocenters. The minimum atomic E-state index is -0.530. The topological polar surface area (TPSA) is 113 Å². The van der Waals surface area contributed by atoms with Gasteiger partial charge in [0.2, 0.25) is 5.91 Å². The van der Waals surface area contributed by atoms with Crippen molar-refractivity contribution in [1.29, 1.82) is 0 Å². The molecule has 0 saturated heterocycles. The SMILES string of the molecule is Cn1c(=O)[nH]c(=O)c2[nH]c(CCC(=O)NCc3ccc(Cl)s3)nc21. The van der Waals surface area contributed by atoms with Gasteiger partial charge in [0.1, 0.15) is 11.3 Å². The highest BCUT2D eigenvalue weighted by Gasteiger charge is 2.12. The zero-order valence-electron chi connectivity index (χ0n) is 12.7. The Bertz CT molecular complexity index is 1020. The third-order valence-corrected chi connectivity index (χ3v) is 4.71. The fourth-order valence-electron chi connectivity index (χ4n) is 2.22. The van der Waals surface area contributed by atoms with Crippen LogP contribution in [-0.4, -0.2) is 25.4 Å². The van der Waals surface area contributed by atoms with Crippen molar-refractivity contribution < 1.29 is 4.79 Å². The number of H-pyrrole nitrogens is 2. The number of fused-ring (bicyclic) bond motifs is 1. The van der Waals surface area contributed by atoms with Gasteiger partial charge >= 0.3 is 5.69 Å². The molecule has 3 heterocycles. The molecule has 0 aliphatic heterocycles. The Hall–Kier alpha value is -2.39. The van der Waals surface area contributed by atoms with E-state index in [9.17, 15) is 14.4 Å². The predicted molar refractivity (Wildman–Crippen MR) is 91.5 cm³/mol. The second-order valence-corrected chi connectivity index (χ2v) is 6.98. The Morgan fingerprint density at radius 3 is 2.88 bits per heavy atom. The highest BCUT2D eigenvalue weighted by Crippen LogP contribution is 2.21. The van der Waals surface area contributed by atoms with Gasteiger partial charge in [-0.3, -0.25) is 19.1 Å². The molecule has 3 aromatic rings. The van der Waals surface area contributed by atoms with Gasteiger partial charge in [-0.1, -0.05) is 11.6 Å². The van der Waals surface area contributed by atoms with E-state index in [0.717, 1.165) is 4.88 Å². The van der Waals surface area contributed by atoms with Crippen LogP contribution in [0.5, 0.6) is 0 Å². The quantitative estimate of drug-likeness (QED) is 0.622. The van der Waals surface area contributed by atoms with Crippen LogP contribution in [0.4, 0.5) is 0 Å². The van der Waals surface area contributed by atoms with E-state index in [1.54, 1.807) is 6.07 Å². The van der Waals surface area contributed by atoms with Crippen LogP contribution in [0.1, 0.15) is 17.1 Å². The van der Waals surface area contributed by atoms with Gasteiger partial charge in [0.25, 0.3) is 5.56 Å². The molecule has 24 heavy (non-hydrogen) atoms. The van der Waals surface area contributed by atoms with E-state index in [-0.39, 0.29) is 23.5 Å². The van der Waals surface area contributed by atoms with Crippen LogP contribution in [0.15, 0.2) is 21.7 Å². The minimum Gasteiger partial charge on any atom is -0.351 e. The van der Waals surface area contributed by atoms with Gasteiger partial charge in [0, 0.05) is 24.8 Å². The molecule has 0 aromatic carbocycles. The number of nitrogens with zero attached hydrogens (tertiary/aromatic N) is 2. The molecule has 0 spiro atoms. The lowest BCUT2D eigenvalue weighted by atomic mass is 10.3. The van der Waals surface area contributed by atoms with Gasteiger partial charge in [-0.25, -0.2) is 9.78 Å². The molecule has 126 valence electrons. The number of hydrogen-bond donors (Lipinski definition) is 3. The molecule has 0 saturated carbocycles. The Morgan fingerprint density at radius 1 is 1.38 bits per heavy atom. The maximum Gasteiger partial charge on any atom is 0.329 e. The van der Waals surface area contributed by atoms with Crippen molar-refractivity contribution in [1.82, 2.24) is 24.8 Å². The Kier molecular flexibility index (Phi) is 4.54. The van der Waals surface area contributed by atoms with Gasteiger partial charge in [0.05, 0.1) is 10.9 Å². The van der Waals surface area contributed by atoms with E-state index < -0.39 is 11.2 Å². The van der Waals surface area contributed by atoms with Crippen LogP contribution < -0.4 is 16.6 Å². The number of halogens is 1. The van der Waals surface area contributed by atoms with Gasteiger partial charge in [-0.15, -0.1) is 11.3 Å². The highest BCUT2D eigenvalue weighted by molar-refractivity contribution is 7.16. The van der Waals surface area contributed by atoms with E-state index in [1.165, 1.54) is 23.0 Å². The Balaban J connectivity index is 1.64.